The molecule has 0 aromatic carbocycles. The fourth-order valence-corrected chi connectivity index (χ4v) is 3.22. The molecule has 0 saturated heterocycles. The van der Waals surface area contributed by atoms with Gasteiger partial charge in [0.1, 0.15) is 0 Å². The van der Waals surface area contributed by atoms with Crippen molar-refractivity contribution in [2.24, 2.45) is 0 Å². The molecule has 1 aromatic heterocycles. The Balaban J connectivity index is 2.48. The molecule has 0 amide bonds. The lowest BCUT2D eigenvalue weighted by atomic mass is 9.94. The Morgan fingerprint density at radius 1 is 1.29 bits per heavy atom. The number of rotatable bonds is 2. The molecule has 0 atom stereocenters. The molecule has 1 saturated carbocycles. The van der Waals surface area contributed by atoms with Crippen LogP contribution in [0.3, 0.4) is 0 Å². The summed E-state index contributed by atoms with van der Waals surface area (Å²) in [5, 5.41) is 0. The largest absolute Gasteiger partial charge is 0.310 e. The smallest absolute Gasteiger partial charge is 0.255 e. The van der Waals surface area contributed by atoms with Crippen LogP contribution in [0.1, 0.15) is 55.0 Å². The molecule has 0 radical (unpaired) electrons. The summed E-state index contributed by atoms with van der Waals surface area (Å²) in [7, 11) is 0. The lowest BCUT2D eigenvalue weighted by Crippen LogP contribution is -2.31. The molecular formula is C14H20ClNO. The van der Waals surface area contributed by atoms with Crippen molar-refractivity contribution in [3.05, 3.63) is 33.2 Å². The Bertz CT molecular complexity index is 458. The molecular weight excluding hydrogens is 234 g/mol. The van der Waals surface area contributed by atoms with Crippen LogP contribution >= 0.6 is 11.6 Å². The van der Waals surface area contributed by atoms with E-state index in [2.05, 4.69) is 6.07 Å². The predicted molar refractivity (Wildman–Crippen MR) is 71.9 cm³/mol. The number of halogens is 1. The van der Waals surface area contributed by atoms with Crippen LogP contribution in [0.4, 0.5) is 0 Å². The highest BCUT2D eigenvalue weighted by molar-refractivity contribution is 6.17. The molecule has 2 nitrogen and oxygen atoms in total. The quantitative estimate of drug-likeness (QED) is 0.737. The third-order valence-corrected chi connectivity index (χ3v) is 4.10. The van der Waals surface area contributed by atoms with Gasteiger partial charge in [0.2, 0.25) is 0 Å². The number of hydrogen-bond acceptors (Lipinski definition) is 1. The van der Waals surface area contributed by atoms with Crippen molar-refractivity contribution in [2.45, 2.75) is 57.9 Å². The monoisotopic (exact) mass is 253 g/mol. The summed E-state index contributed by atoms with van der Waals surface area (Å²) in [5.41, 5.74) is 3.00. The highest BCUT2D eigenvalue weighted by Gasteiger charge is 2.19. The molecule has 1 fully saturated rings. The second-order valence-corrected chi connectivity index (χ2v) is 5.32. The summed E-state index contributed by atoms with van der Waals surface area (Å²) in [4.78, 5) is 12.4. The van der Waals surface area contributed by atoms with E-state index in [4.69, 9.17) is 11.6 Å². The van der Waals surface area contributed by atoms with Gasteiger partial charge in [-0.3, -0.25) is 4.79 Å². The Kier molecular flexibility index (Phi) is 3.93. The van der Waals surface area contributed by atoms with Crippen molar-refractivity contribution in [1.82, 2.24) is 4.57 Å². The minimum atomic E-state index is 0.129. The fraction of sp³-hybridized carbons (Fsp3) is 0.643. The first-order valence-corrected chi connectivity index (χ1v) is 6.96. The number of aryl methyl sites for hydroxylation is 2. The van der Waals surface area contributed by atoms with Crippen LogP contribution in [0.15, 0.2) is 10.9 Å². The molecule has 1 aliphatic rings. The average Bonchev–Trinajstić information content (AvgIpc) is 2.30. The van der Waals surface area contributed by atoms with E-state index in [0.717, 1.165) is 29.7 Å². The van der Waals surface area contributed by atoms with Crippen LogP contribution in [0, 0.1) is 13.8 Å². The van der Waals surface area contributed by atoms with Gasteiger partial charge in [0, 0.05) is 17.3 Å². The Morgan fingerprint density at radius 3 is 2.53 bits per heavy atom. The second kappa shape index (κ2) is 5.26. The van der Waals surface area contributed by atoms with Crippen molar-refractivity contribution in [3.63, 3.8) is 0 Å². The van der Waals surface area contributed by atoms with Gasteiger partial charge < -0.3 is 4.57 Å². The predicted octanol–water partition coefficient (Wildman–Crippen LogP) is 3.71. The van der Waals surface area contributed by atoms with E-state index in [0.29, 0.717) is 11.9 Å². The highest BCUT2D eigenvalue weighted by Crippen LogP contribution is 2.28. The fourth-order valence-electron chi connectivity index (χ4n) is 2.90. The topological polar surface area (TPSA) is 22.0 Å². The Labute approximate surface area is 108 Å². The van der Waals surface area contributed by atoms with Gasteiger partial charge in [-0.05, 0) is 38.3 Å². The number of aromatic nitrogens is 1. The average molecular weight is 254 g/mol. The van der Waals surface area contributed by atoms with E-state index in [-0.39, 0.29) is 5.56 Å². The zero-order valence-electron chi connectivity index (χ0n) is 10.6. The van der Waals surface area contributed by atoms with E-state index in [1.807, 2.05) is 18.4 Å². The van der Waals surface area contributed by atoms with Gasteiger partial charge in [-0.15, -0.1) is 11.6 Å². The molecule has 0 spiro atoms. The van der Waals surface area contributed by atoms with E-state index in [9.17, 15) is 4.79 Å². The van der Waals surface area contributed by atoms with Gasteiger partial charge in [0.15, 0.2) is 0 Å². The Hall–Kier alpha value is -0.760. The molecule has 94 valence electrons. The van der Waals surface area contributed by atoms with Crippen molar-refractivity contribution in [2.75, 3.05) is 0 Å². The third-order valence-electron chi connectivity index (χ3n) is 3.83. The molecule has 0 N–H and O–H groups in total. The zero-order valence-corrected chi connectivity index (χ0v) is 11.4. The maximum atomic E-state index is 12.4. The van der Waals surface area contributed by atoms with E-state index >= 15 is 0 Å². The molecule has 1 aliphatic carbocycles. The number of pyridine rings is 1. The van der Waals surface area contributed by atoms with Crippen LogP contribution in [0.5, 0.6) is 0 Å². The van der Waals surface area contributed by atoms with Gasteiger partial charge in [-0.2, -0.15) is 0 Å². The number of hydrogen-bond donors (Lipinski definition) is 0. The molecule has 0 aliphatic heterocycles. The summed E-state index contributed by atoms with van der Waals surface area (Å²) < 4.78 is 1.98. The molecule has 1 heterocycles. The lowest BCUT2D eigenvalue weighted by molar-refractivity contribution is 0.340. The Morgan fingerprint density at radius 2 is 1.94 bits per heavy atom. The van der Waals surface area contributed by atoms with Crippen LogP contribution < -0.4 is 5.56 Å². The summed E-state index contributed by atoms with van der Waals surface area (Å²) in [5.74, 6) is 0.317. The van der Waals surface area contributed by atoms with E-state index < -0.39 is 0 Å². The van der Waals surface area contributed by atoms with Crippen molar-refractivity contribution in [3.8, 4) is 0 Å². The van der Waals surface area contributed by atoms with Crippen molar-refractivity contribution >= 4 is 11.6 Å². The summed E-state index contributed by atoms with van der Waals surface area (Å²) >= 11 is 5.89. The third kappa shape index (κ3) is 2.42. The summed E-state index contributed by atoms with van der Waals surface area (Å²) in [6, 6.07) is 2.48. The van der Waals surface area contributed by atoms with E-state index in [1.54, 1.807) is 0 Å². The number of alkyl halides is 1. The van der Waals surface area contributed by atoms with Gasteiger partial charge in [0.25, 0.3) is 5.56 Å². The molecule has 1 aromatic rings. The summed E-state index contributed by atoms with van der Waals surface area (Å²) in [6.07, 6.45) is 6.04. The maximum Gasteiger partial charge on any atom is 0.255 e. The molecule has 17 heavy (non-hydrogen) atoms. The van der Waals surface area contributed by atoms with Crippen LogP contribution in [0.25, 0.3) is 0 Å². The molecule has 0 unspecified atom stereocenters. The minimum Gasteiger partial charge on any atom is -0.310 e. The van der Waals surface area contributed by atoms with Gasteiger partial charge in [-0.1, -0.05) is 19.3 Å². The van der Waals surface area contributed by atoms with Gasteiger partial charge in [0.05, 0.1) is 5.88 Å². The highest BCUT2D eigenvalue weighted by atomic mass is 35.5. The van der Waals surface area contributed by atoms with Crippen molar-refractivity contribution < 1.29 is 0 Å². The summed E-state index contributed by atoms with van der Waals surface area (Å²) in [6.45, 7) is 4.00. The van der Waals surface area contributed by atoms with Gasteiger partial charge in [-0.25, -0.2) is 0 Å². The normalized spacial score (nSPS) is 17.4. The molecule has 0 bridgehead atoms. The number of nitrogens with zero attached hydrogens (tertiary/aromatic N) is 1. The standard InChI is InChI=1S/C14H20ClNO/c1-10-8-11(2)16(14(17)13(10)9-15)12-6-4-3-5-7-12/h8,12H,3-7,9H2,1-2H3. The molecule has 3 heteroatoms. The maximum absolute atomic E-state index is 12.4. The SMILES string of the molecule is Cc1cc(C)n(C2CCCCC2)c(=O)c1CCl. The first-order valence-electron chi connectivity index (χ1n) is 6.42. The molecule has 2 rings (SSSR count). The van der Waals surface area contributed by atoms with E-state index in [1.165, 1.54) is 19.3 Å². The first-order chi connectivity index (χ1) is 8.15. The van der Waals surface area contributed by atoms with Crippen LogP contribution in [-0.2, 0) is 5.88 Å². The minimum absolute atomic E-state index is 0.129. The van der Waals surface area contributed by atoms with Crippen LogP contribution in [-0.4, -0.2) is 4.57 Å². The van der Waals surface area contributed by atoms with Crippen LogP contribution in [0.2, 0.25) is 0 Å². The lowest BCUT2D eigenvalue weighted by Gasteiger charge is -2.26. The first kappa shape index (κ1) is 12.7. The zero-order chi connectivity index (χ0) is 12.4. The van der Waals surface area contributed by atoms with Gasteiger partial charge >= 0.3 is 0 Å². The second-order valence-electron chi connectivity index (χ2n) is 5.05. The van der Waals surface area contributed by atoms with Crippen molar-refractivity contribution in [1.29, 1.82) is 0 Å².